The fourth-order valence-corrected chi connectivity index (χ4v) is 4.05. The van der Waals surface area contributed by atoms with Crippen molar-refractivity contribution >= 4 is 29.2 Å². The Balaban J connectivity index is 1.80. The van der Waals surface area contributed by atoms with E-state index in [9.17, 15) is 19.2 Å². The second-order valence-electron chi connectivity index (χ2n) is 7.68. The standard InChI is InChI=1S/C22H25ClN2O6/c1-3-13(19-11-20(27)24-31-19)10-21(28)25-12-17(26)6-4-14(22(25)29)8-15-9-16(23)5-7-18(15)30-2/h5,7,9,11,13-14H,3-4,6,8,10,12H2,1-2H3,(H,24,27)/t13?,14-/m0/s1. The van der Waals surface area contributed by atoms with Crippen LogP contribution in [0.4, 0.5) is 0 Å². The van der Waals surface area contributed by atoms with E-state index in [1.807, 2.05) is 6.92 Å². The van der Waals surface area contributed by atoms with Crippen molar-refractivity contribution < 1.29 is 23.6 Å². The van der Waals surface area contributed by atoms with Gasteiger partial charge in [0.15, 0.2) is 5.78 Å². The molecule has 8 nitrogen and oxygen atoms in total. The fourth-order valence-electron chi connectivity index (χ4n) is 3.85. The maximum absolute atomic E-state index is 13.2. The van der Waals surface area contributed by atoms with Crippen LogP contribution >= 0.6 is 11.6 Å². The normalized spacial score (nSPS) is 18.0. The van der Waals surface area contributed by atoms with Gasteiger partial charge in [-0.2, -0.15) is 5.16 Å². The Hall–Kier alpha value is -2.87. The molecule has 1 aliphatic heterocycles. The molecule has 2 atom stereocenters. The van der Waals surface area contributed by atoms with Crippen LogP contribution in [0.1, 0.15) is 49.8 Å². The number of H-pyrrole nitrogens is 1. The van der Waals surface area contributed by atoms with Crippen molar-refractivity contribution in [1.29, 1.82) is 0 Å². The Labute approximate surface area is 184 Å². The molecule has 1 fully saturated rings. The SMILES string of the molecule is CCC(CC(=O)N1CC(=O)CC[C@@H](Cc2cc(Cl)ccc2OC)C1=O)c1cc(=O)[nH]o1. The number of carbonyl (C=O) groups is 3. The van der Waals surface area contributed by atoms with Gasteiger partial charge in [-0.05, 0) is 43.0 Å². The number of carbonyl (C=O) groups excluding carboxylic acids is 3. The van der Waals surface area contributed by atoms with Gasteiger partial charge in [-0.1, -0.05) is 18.5 Å². The van der Waals surface area contributed by atoms with Crippen molar-refractivity contribution in [3.63, 3.8) is 0 Å². The molecule has 1 aromatic carbocycles. The first-order valence-corrected chi connectivity index (χ1v) is 10.6. The molecule has 9 heteroatoms. The molecule has 0 spiro atoms. The molecule has 0 bridgehead atoms. The average molecular weight is 449 g/mol. The number of imide groups is 1. The predicted octanol–water partition coefficient (Wildman–Crippen LogP) is 3.09. The number of halogens is 1. The number of benzene rings is 1. The highest BCUT2D eigenvalue weighted by Crippen LogP contribution is 2.30. The van der Waals surface area contributed by atoms with Crippen molar-refractivity contribution in [3.8, 4) is 5.75 Å². The van der Waals surface area contributed by atoms with Crippen molar-refractivity contribution in [2.24, 2.45) is 5.92 Å². The minimum Gasteiger partial charge on any atom is -0.496 e. The number of aromatic amines is 1. The third-order valence-corrected chi connectivity index (χ3v) is 5.83. The molecule has 2 heterocycles. The zero-order valence-electron chi connectivity index (χ0n) is 17.5. The van der Waals surface area contributed by atoms with Crippen LogP contribution in [0.15, 0.2) is 33.6 Å². The maximum atomic E-state index is 13.2. The van der Waals surface area contributed by atoms with Crippen molar-refractivity contribution in [3.05, 3.63) is 51.0 Å². The highest BCUT2D eigenvalue weighted by Gasteiger charge is 2.35. The number of hydrogen-bond acceptors (Lipinski definition) is 6. The minimum absolute atomic E-state index is 0.0382. The smallest absolute Gasteiger partial charge is 0.280 e. The molecule has 1 unspecified atom stereocenters. The van der Waals surface area contributed by atoms with Gasteiger partial charge in [0.25, 0.3) is 5.56 Å². The fraction of sp³-hybridized carbons (Fsp3) is 0.455. The summed E-state index contributed by atoms with van der Waals surface area (Å²) < 4.78 is 10.5. The van der Waals surface area contributed by atoms with Gasteiger partial charge in [0.2, 0.25) is 11.8 Å². The first-order chi connectivity index (χ1) is 14.8. The van der Waals surface area contributed by atoms with Gasteiger partial charge in [-0.25, -0.2) is 0 Å². The van der Waals surface area contributed by atoms with Crippen LogP contribution in [0.5, 0.6) is 5.75 Å². The summed E-state index contributed by atoms with van der Waals surface area (Å²) in [5.74, 6) is -0.975. The van der Waals surface area contributed by atoms with Gasteiger partial charge in [0, 0.05) is 35.8 Å². The van der Waals surface area contributed by atoms with E-state index in [1.54, 1.807) is 18.2 Å². The maximum Gasteiger partial charge on any atom is 0.280 e. The molecule has 31 heavy (non-hydrogen) atoms. The van der Waals surface area contributed by atoms with Crippen LogP contribution in [-0.4, -0.2) is 41.3 Å². The number of Topliss-reactive ketones (excluding diaryl/α,β-unsaturated/α-hetero) is 1. The third-order valence-electron chi connectivity index (χ3n) is 5.59. The molecular weight excluding hydrogens is 424 g/mol. The van der Waals surface area contributed by atoms with Gasteiger partial charge in [0.1, 0.15) is 11.5 Å². The number of ketones is 1. The molecule has 0 radical (unpaired) electrons. The largest absolute Gasteiger partial charge is 0.496 e. The zero-order valence-corrected chi connectivity index (χ0v) is 18.2. The third kappa shape index (κ3) is 5.44. The number of amides is 2. The summed E-state index contributed by atoms with van der Waals surface area (Å²) >= 11 is 6.10. The number of methoxy groups -OCH3 is 1. The van der Waals surface area contributed by atoms with E-state index in [4.69, 9.17) is 20.9 Å². The number of nitrogens with zero attached hydrogens (tertiary/aromatic N) is 1. The van der Waals surface area contributed by atoms with Crippen LogP contribution in [0, 0.1) is 5.92 Å². The summed E-state index contributed by atoms with van der Waals surface area (Å²) in [6.07, 6.45) is 1.37. The molecule has 3 rings (SSSR count). The van der Waals surface area contributed by atoms with Crippen LogP contribution in [0.3, 0.4) is 0 Å². The Morgan fingerprint density at radius 3 is 2.74 bits per heavy atom. The summed E-state index contributed by atoms with van der Waals surface area (Å²) in [4.78, 5) is 50.9. The van der Waals surface area contributed by atoms with Gasteiger partial charge in [0.05, 0.1) is 13.7 Å². The number of ether oxygens (including phenoxy) is 1. The molecule has 2 amide bonds. The number of hydrogen-bond donors (Lipinski definition) is 1. The molecule has 0 aliphatic carbocycles. The Kier molecular flexibility index (Phi) is 7.33. The molecule has 0 saturated carbocycles. The van der Waals surface area contributed by atoms with Crippen LogP contribution < -0.4 is 10.3 Å². The first kappa shape index (κ1) is 22.8. The Bertz CT molecular complexity index is 1030. The van der Waals surface area contributed by atoms with E-state index in [1.165, 1.54) is 13.2 Å². The zero-order chi connectivity index (χ0) is 22.5. The summed E-state index contributed by atoms with van der Waals surface area (Å²) in [6, 6.07) is 6.45. The van der Waals surface area contributed by atoms with Gasteiger partial charge in [-0.15, -0.1) is 0 Å². The second kappa shape index (κ2) is 9.96. The highest BCUT2D eigenvalue weighted by molar-refractivity contribution is 6.30. The van der Waals surface area contributed by atoms with E-state index in [0.29, 0.717) is 35.8 Å². The van der Waals surface area contributed by atoms with Crippen molar-refractivity contribution in [2.75, 3.05) is 13.7 Å². The molecule has 2 aromatic rings. The lowest BCUT2D eigenvalue weighted by molar-refractivity contribution is -0.148. The van der Waals surface area contributed by atoms with E-state index >= 15 is 0 Å². The monoisotopic (exact) mass is 448 g/mol. The van der Waals surface area contributed by atoms with Gasteiger partial charge in [-0.3, -0.25) is 24.1 Å². The lowest BCUT2D eigenvalue weighted by Gasteiger charge is -2.24. The number of nitrogens with one attached hydrogen (secondary N) is 1. The van der Waals surface area contributed by atoms with Crippen molar-refractivity contribution in [1.82, 2.24) is 10.1 Å². The van der Waals surface area contributed by atoms with E-state index < -0.39 is 17.4 Å². The average Bonchev–Trinajstić information content (AvgIpc) is 3.12. The molecular formula is C22H25ClN2O6. The minimum atomic E-state index is -0.548. The molecule has 1 aromatic heterocycles. The number of rotatable bonds is 7. The summed E-state index contributed by atoms with van der Waals surface area (Å²) in [7, 11) is 1.53. The summed E-state index contributed by atoms with van der Waals surface area (Å²) in [5.41, 5.74) is 0.355. The van der Waals surface area contributed by atoms with Crippen LogP contribution in [-0.2, 0) is 20.8 Å². The van der Waals surface area contributed by atoms with Crippen LogP contribution in [0.2, 0.25) is 5.02 Å². The molecule has 1 saturated heterocycles. The summed E-state index contributed by atoms with van der Waals surface area (Å²) in [5, 5.41) is 2.73. The van der Waals surface area contributed by atoms with E-state index in [2.05, 4.69) is 5.16 Å². The molecule has 1 aliphatic rings. The second-order valence-corrected chi connectivity index (χ2v) is 8.11. The Morgan fingerprint density at radius 2 is 2.10 bits per heavy atom. The molecule has 1 N–H and O–H groups in total. The lowest BCUT2D eigenvalue weighted by Crippen LogP contribution is -2.42. The highest BCUT2D eigenvalue weighted by atomic mass is 35.5. The Morgan fingerprint density at radius 1 is 1.32 bits per heavy atom. The van der Waals surface area contributed by atoms with E-state index in [-0.39, 0.29) is 37.0 Å². The lowest BCUT2D eigenvalue weighted by atomic mass is 9.93. The first-order valence-electron chi connectivity index (χ1n) is 10.2. The van der Waals surface area contributed by atoms with Crippen LogP contribution in [0.25, 0.3) is 0 Å². The predicted molar refractivity (Wildman–Crippen MR) is 113 cm³/mol. The van der Waals surface area contributed by atoms with Gasteiger partial charge >= 0.3 is 0 Å². The van der Waals surface area contributed by atoms with E-state index in [0.717, 1.165) is 10.5 Å². The van der Waals surface area contributed by atoms with Crippen molar-refractivity contribution in [2.45, 2.75) is 44.9 Å². The number of likely N-dealkylation sites (tertiary alicyclic amines) is 1. The summed E-state index contributed by atoms with van der Waals surface area (Å²) in [6.45, 7) is 1.61. The molecule has 166 valence electrons. The topological polar surface area (TPSA) is 110 Å². The van der Waals surface area contributed by atoms with Gasteiger partial charge < -0.3 is 9.26 Å². The number of aromatic nitrogens is 1. The quantitative estimate of drug-likeness (QED) is 0.697.